The number of ether oxygens (including phenoxy) is 3. The van der Waals surface area contributed by atoms with E-state index in [1.165, 1.54) is 13.8 Å². The molecule has 0 bridgehead atoms. The molecule has 6 nitrogen and oxygen atoms in total. The SMILES string of the molecule is CC(=O)OCC1OC(O)C[C@@H]1OC(C)=O. The third-order valence-electron chi connectivity index (χ3n) is 1.95. The summed E-state index contributed by atoms with van der Waals surface area (Å²) < 4.78 is 14.7. The van der Waals surface area contributed by atoms with Crippen molar-refractivity contribution < 1.29 is 28.9 Å². The van der Waals surface area contributed by atoms with Gasteiger partial charge >= 0.3 is 11.9 Å². The van der Waals surface area contributed by atoms with Gasteiger partial charge < -0.3 is 19.3 Å². The van der Waals surface area contributed by atoms with Crippen LogP contribution >= 0.6 is 0 Å². The first kappa shape index (κ1) is 11.9. The fraction of sp³-hybridized carbons (Fsp3) is 0.778. The average Bonchev–Trinajstić information content (AvgIpc) is 2.41. The van der Waals surface area contributed by atoms with Crippen LogP contribution < -0.4 is 0 Å². The molecule has 0 aromatic carbocycles. The van der Waals surface area contributed by atoms with Gasteiger partial charge in [-0.25, -0.2) is 0 Å². The van der Waals surface area contributed by atoms with Crippen molar-refractivity contribution in [1.82, 2.24) is 0 Å². The van der Waals surface area contributed by atoms with Crippen molar-refractivity contribution in [3.8, 4) is 0 Å². The molecule has 0 amide bonds. The van der Waals surface area contributed by atoms with Crippen LogP contribution in [-0.2, 0) is 23.8 Å². The molecule has 1 saturated heterocycles. The summed E-state index contributed by atoms with van der Waals surface area (Å²) in [5.74, 6) is -0.896. The van der Waals surface area contributed by atoms with Gasteiger partial charge in [0, 0.05) is 20.3 Å². The third kappa shape index (κ3) is 3.85. The Morgan fingerprint density at radius 2 is 2.07 bits per heavy atom. The zero-order chi connectivity index (χ0) is 11.4. The van der Waals surface area contributed by atoms with Crippen LogP contribution in [0.5, 0.6) is 0 Å². The Hall–Kier alpha value is -1.14. The molecule has 0 radical (unpaired) electrons. The number of esters is 2. The minimum absolute atomic E-state index is 0.0235. The Morgan fingerprint density at radius 1 is 1.40 bits per heavy atom. The summed E-state index contributed by atoms with van der Waals surface area (Å²) in [4.78, 5) is 21.3. The summed E-state index contributed by atoms with van der Waals surface area (Å²) in [5.41, 5.74) is 0. The van der Waals surface area contributed by atoms with Crippen LogP contribution in [0.25, 0.3) is 0 Å². The first-order valence-electron chi connectivity index (χ1n) is 4.63. The summed E-state index contributed by atoms with van der Waals surface area (Å²) >= 11 is 0. The lowest BCUT2D eigenvalue weighted by molar-refractivity contribution is -0.159. The van der Waals surface area contributed by atoms with Crippen molar-refractivity contribution in [3.05, 3.63) is 0 Å². The van der Waals surface area contributed by atoms with Crippen LogP contribution in [0.1, 0.15) is 20.3 Å². The van der Waals surface area contributed by atoms with Gasteiger partial charge in [0.25, 0.3) is 0 Å². The van der Waals surface area contributed by atoms with Crippen molar-refractivity contribution in [2.24, 2.45) is 0 Å². The molecule has 1 rings (SSSR count). The second-order valence-corrected chi connectivity index (χ2v) is 3.32. The van der Waals surface area contributed by atoms with E-state index in [0.717, 1.165) is 0 Å². The molecule has 1 heterocycles. The van der Waals surface area contributed by atoms with E-state index in [4.69, 9.17) is 14.2 Å². The number of rotatable bonds is 3. The highest BCUT2D eigenvalue weighted by Gasteiger charge is 2.37. The van der Waals surface area contributed by atoms with E-state index >= 15 is 0 Å². The summed E-state index contributed by atoms with van der Waals surface area (Å²) in [6.45, 7) is 2.52. The van der Waals surface area contributed by atoms with Crippen LogP contribution in [-0.4, -0.2) is 42.1 Å². The van der Waals surface area contributed by atoms with Crippen molar-refractivity contribution in [2.45, 2.75) is 38.8 Å². The van der Waals surface area contributed by atoms with E-state index in [1.54, 1.807) is 0 Å². The van der Waals surface area contributed by atoms with Gasteiger partial charge in [0.2, 0.25) is 0 Å². The minimum atomic E-state index is -0.977. The summed E-state index contributed by atoms with van der Waals surface area (Å²) in [5, 5.41) is 9.19. The Morgan fingerprint density at radius 3 is 2.60 bits per heavy atom. The van der Waals surface area contributed by atoms with E-state index < -0.39 is 30.4 Å². The first-order chi connectivity index (χ1) is 6.99. The number of carbonyl (C=O) groups excluding carboxylic acids is 2. The molecular weight excluding hydrogens is 204 g/mol. The Kier molecular flexibility index (Phi) is 4.05. The molecule has 0 saturated carbocycles. The molecule has 1 fully saturated rings. The molecule has 1 aliphatic rings. The Labute approximate surface area is 87.1 Å². The molecule has 3 atom stereocenters. The fourth-order valence-corrected chi connectivity index (χ4v) is 1.38. The average molecular weight is 218 g/mol. The first-order valence-corrected chi connectivity index (χ1v) is 4.63. The largest absolute Gasteiger partial charge is 0.463 e. The van der Waals surface area contributed by atoms with Gasteiger partial charge in [0.1, 0.15) is 18.8 Å². The summed E-state index contributed by atoms with van der Waals surface area (Å²) in [6.07, 6.45) is -1.93. The quantitative estimate of drug-likeness (QED) is 0.648. The van der Waals surface area contributed by atoms with Gasteiger partial charge in [0.05, 0.1) is 0 Å². The lowest BCUT2D eigenvalue weighted by Crippen LogP contribution is -2.31. The van der Waals surface area contributed by atoms with Gasteiger partial charge in [0.15, 0.2) is 6.29 Å². The zero-order valence-corrected chi connectivity index (χ0v) is 8.63. The molecular formula is C9H14O6. The molecule has 0 aliphatic carbocycles. The second-order valence-electron chi connectivity index (χ2n) is 3.32. The predicted octanol–water partition coefficient (Wildman–Crippen LogP) is -0.412. The molecule has 2 unspecified atom stereocenters. The molecule has 15 heavy (non-hydrogen) atoms. The van der Waals surface area contributed by atoms with Crippen LogP contribution in [0.2, 0.25) is 0 Å². The van der Waals surface area contributed by atoms with Crippen LogP contribution in [0, 0.1) is 0 Å². The molecule has 1 aliphatic heterocycles. The maximum Gasteiger partial charge on any atom is 0.303 e. The highest BCUT2D eigenvalue weighted by molar-refractivity contribution is 5.66. The lowest BCUT2D eigenvalue weighted by Gasteiger charge is -2.17. The summed E-state index contributed by atoms with van der Waals surface area (Å²) in [7, 11) is 0. The second kappa shape index (κ2) is 5.09. The van der Waals surface area contributed by atoms with E-state index in [1.807, 2.05) is 0 Å². The molecule has 0 aromatic heterocycles. The predicted molar refractivity (Wildman–Crippen MR) is 47.7 cm³/mol. The monoisotopic (exact) mass is 218 g/mol. The van der Waals surface area contributed by atoms with E-state index in [0.29, 0.717) is 0 Å². The van der Waals surface area contributed by atoms with Crippen molar-refractivity contribution >= 4 is 11.9 Å². The molecule has 1 N–H and O–H groups in total. The molecule has 86 valence electrons. The normalized spacial score (nSPS) is 29.9. The molecule has 0 aromatic rings. The van der Waals surface area contributed by atoms with Gasteiger partial charge in [-0.15, -0.1) is 0 Å². The number of aliphatic hydroxyl groups excluding tert-OH is 1. The standard InChI is InChI=1S/C9H14O6/c1-5(10)13-4-8-7(14-6(2)11)3-9(12)15-8/h7-9,12H,3-4H2,1-2H3/t7-,8?,9?/m0/s1. The van der Waals surface area contributed by atoms with E-state index in [-0.39, 0.29) is 13.0 Å². The minimum Gasteiger partial charge on any atom is -0.463 e. The van der Waals surface area contributed by atoms with Crippen molar-refractivity contribution in [1.29, 1.82) is 0 Å². The third-order valence-corrected chi connectivity index (χ3v) is 1.95. The van der Waals surface area contributed by atoms with E-state index in [2.05, 4.69) is 0 Å². The van der Waals surface area contributed by atoms with Crippen LogP contribution in [0.15, 0.2) is 0 Å². The van der Waals surface area contributed by atoms with E-state index in [9.17, 15) is 14.7 Å². The lowest BCUT2D eigenvalue weighted by atomic mass is 10.2. The highest BCUT2D eigenvalue weighted by atomic mass is 16.7. The van der Waals surface area contributed by atoms with Gasteiger partial charge in [-0.2, -0.15) is 0 Å². The smallest absolute Gasteiger partial charge is 0.303 e. The Bertz CT molecular complexity index is 251. The number of aliphatic hydroxyl groups is 1. The molecule has 6 heteroatoms. The van der Waals surface area contributed by atoms with Gasteiger partial charge in [-0.3, -0.25) is 9.59 Å². The van der Waals surface area contributed by atoms with Crippen molar-refractivity contribution in [3.63, 3.8) is 0 Å². The number of hydrogen-bond acceptors (Lipinski definition) is 6. The van der Waals surface area contributed by atoms with Crippen LogP contribution in [0.3, 0.4) is 0 Å². The van der Waals surface area contributed by atoms with Gasteiger partial charge in [-0.1, -0.05) is 0 Å². The number of hydrogen-bond donors (Lipinski definition) is 1. The maximum atomic E-state index is 10.7. The number of carbonyl (C=O) groups is 2. The topological polar surface area (TPSA) is 82.1 Å². The molecule has 0 spiro atoms. The fourth-order valence-electron chi connectivity index (χ4n) is 1.38. The maximum absolute atomic E-state index is 10.7. The highest BCUT2D eigenvalue weighted by Crippen LogP contribution is 2.22. The van der Waals surface area contributed by atoms with Crippen LogP contribution in [0.4, 0.5) is 0 Å². The van der Waals surface area contributed by atoms with Gasteiger partial charge in [-0.05, 0) is 0 Å². The van der Waals surface area contributed by atoms with Crippen molar-refractivity contribution in [2.75, 3.05) is 6.61 Å². The summed E-state index contributed by atoms with van der Waals surface area (Å²) in [6, 6.07) is 0. The zero-order valence-electron chi connectivity index (χ0n) is 8.63. The Balaban J connectivity index is 2.45.